The van der Waals surface area contributed by atoms with Crippen LogP contribution in [0.25, 0.3) is 0 Å². The molecule has 1 aliphatic heterocycles. The summed E-state index contributed by atoms with van der Waals surface area (Å²) in [6, 6.07) is 7.26. The Morgan fingerprint density at radius 3 is 2.90 bits per heavy atom. The van der Waals surface area contributed by atoms with Crippen LogP contribution in [-0.2, 0) is 17.8 Å². The Kier molecular flexibility index (Phi) is 6.17. The normalized spacial score (nSPS) is 17.7. The molecule has 0 N–H and O–H groups in total. The molecule has 0 saturated carbocycles. The number of aryl methyl sites for hydroxylation is 1. The zero-order chi connectivity index (χ0) is 20.9. The highest BCUT2D eigenvalue weighted by atomic mass is 35.5. The van der Waals surface area contributed by atoms with Crippen molar-refractivity contribution in [3.05, 3.63) is 47.0 Å². The summed E-state index contributed by atoms with van der Waals surface area (Å²) < 4.78 is 5.86. The van der Waals surface area contributed by atoms with Crippen LogP contribution in [0.15, 0.2) is 30.6 Å². The number of hydrogen-bond donors (Lipinski definition) is 0. The van der Waals surface area contributed by atoms with E-state index in [1.165, 1.54) is 11.1 Å². The van der Waals surface area contributed by atoms with Gasteiger partial charge in [0.15, 0.2) is 18.3 Å². The van der Waals surface area contributed by atoms with Gasteiger partial charge < -0.3 is 9.64 Å². The van der Waals surface area contributed by atoms with Gasteiger partial charge in [-0.25, -0.2) is 4.79 Å². The number of nitrogens with zero attached hydrogens (tertiary/aromatic N) is 9. The molecule has 0 radical (unpaired) electrons. The molecule has 1 aliphatic rings. The Labute approximate surface area is 177 Å². The van der Waals surface area contributed by atoms with Gasteiger partial charge in [0.2, 0.25) is 0 Å². The molecule has 2 aromatic heterocycles. The first-order valence-corrected chi connectivity index (χ1v) is 10.1. The van der Waals surface area contributed by atoms with Crippen LogP contribution in [0.4, 0.5) is 4.79 Å². The monoisotopic (exact) mass is 431 g/mol. The van der Waals surface area contributed by atoms with Crippen LogP contribution in [0.3, 0.4) is 0 Å². The molecule has 2 atom stereocenters. The molecule has 3 heterocycles. The molecule has 30 heavy (non-hydrogen) atoms. The van der Waals surface area contributed by atoms with E-state index in [1.54, 1.807) is 22.7 Å². The van der Waals surface area contributed by atoms with Gasteiger partial charge in [-0.15, -0.1) is 20.4 Å². The summed E-state index contributed by atoms with van der Waals surface area (Å²) in [6.45, 7) is 3.83. The molecule has 2 unspecified atom stereocenters. The Bertz CT molecular complexity index is 978. The Hall–Kier alpha value is -3.08. The lowest BCUT2D eigenvalue weighted by Crippen LogP contribution is -2.42. The van der Waals surface area contributed by atoms with Crippen LogP contribution in [0.1, 0.15) is 30.3 Å². The first-order chi connectivity index (χ1) is 14.6. The lowest BCUT2D eigenvalue weighted by molar-refractivity contribution is 0.0379. The van der Waals surface area contributed by atoms with Crippen molar-refractivity contribution >= 4 is 17.7 Å². The van der Waals surface area contributed by atoms with Crippen molar-refractivity contribution in [2.45, 2.75) is 39.0 Å². The van der Waals surface area contributed by atoms with Crippen molar-refractivity contribution < 1.29 is 9.53 Å². The Balaban J connectivity index is 1.44. The maximum absolute atomic E-state index is 13.0. The van der Waals surface area contributed by atoms with Crippen LogP contribution >= 0.6 is 11.6 Å². The van der Waals surface area contributed by atoms with E-state index in [4.69, 9.17) is 16.3 Å². The number of likely N-dealkylation sites (tertiary alicyclic amines) is 1. The molecule has 0 spiro atoms. The number of benzene rings is 1. The van der Waals surface area contributed by atoms with E-state index in [9.17, 15) is 4.79 Å². The first kappa shape index (κ1) is 20.2. The van der Waals surface area contributed by atoms with Crippen molar-refractivity contribution in [3.63, 3.8) is 0 Å². The lowest BCUT2D eigenvalue weighted by atomic mass is 9.98. The number of tetrazole rings is 2. The van der Waals surface area contributed by atoms with Gasteiger partial charge in [-0.1, -0.05) is 29.8 Å². The number of hydrogen-bond acceptors (Lipinski definition) is 8. The second kappa shape index (κ2) is 9.16. The van der Waals surface area contributed by atoms with Gasteiger partial charge in [-0.2, -0.15) is 9.59 Å². The fourth-order valence-electron chi connectivity index (χ4n) is 3.56. The number of carbonyl (C=O) groups excluding carboxylic acids is 1. The zero-order valence-corrected chi connectivity index (χ0v) is 17.3. The smallest absolute Gasteiger partial charge is 0.410 e. The minimum atomic E-state index is -0.639. The summed E-state index contributed by atoms with van der Waals surface area (Å²) in [5.41, 5.74) is 0.695. The molecule has 1 fully saturated rings. The van der Waals surface area contributed by atoms with Crippen LogP contribution in [0.5, 0.6) is 0 Å². The topological polar surface area (TPSA) is 117 Å². The molecule has 158 valence electrons. The molecule has 3 aromatic rings. The van der Waals surface area contributed by atoms with Gasteiger partial charge in [0.1, 0.15) is 6.54 Å². The third-order valence-electron chi connectivity index (χ3n) is 4.97. The van der Waals surface area contributed by atoms with E-state index in [1.807, 2.05) is 18.2 Å². The maximum atomic E-state index is 13.0. The summed E-state index contributed by atoms with van der Waals surface area (Å²) in [7, 11) is 0. The van der Waals surface area contributed by atoms with Crippen LogP contribution in [0.2, 0.25) is 5.02 Å². The second-order valence-corrected chi connectivity index (χ2v) is 7.64. The van der Waals surface area contributed by atoms with Gasteiger partial charge in [0.25, 0.3) is 0 Å². The lowest BCUT2D eigenvalue weighted by Gasteiger charge is -2.33. The summed E-state index contributed by atoms with van der Waals surface area (Å²) >= 11 is 6.35. The summed E-state index contributed by atoms with van der Waals surface area (Å²) in [5.74, 6) is 0.863. The number of piperidine rings is 1. The highest BCUT2D eigenvalue weighted by molar-refractivity contribution is 6.31. The molecule has 4 rings (SSSR count). The first-order valence-electron chi connectivity index (χ1n) is 9.73. The third kappa shape index (κ3) is 4.90. The summed E-state index contributed by atoms with van der Waals surface area (Å²) in [6.07, 6.45) is 2.17. The fraction of sp³-hybridized carbons (Fsp3) is 0.500. The van der Waals surface area contributed by atoms with Gasteiger partial charge in [0.05, 0.1) is 6.54 Å². The molecule has 1 amide bonds. The summed E-state index contributed by atoms with van der Waals surface area (Å²) in [5, 5.41) is 24.3. The van der Waals surface area contributed by atoms with Crippen molar-refractivity contribution in [2.24, 2.45) is 5.92 Å². The molecule has 0 bridgehead atoms. The quantitative estimate of drug-likeness (QED) is 0.581. The van der Waals surface area contributed by atoms with Crippen LogP contribution < -0.4 is 0 Å². The fourth-order valence-corrected chi connectivity index (χ4v) is 3.82. The van der Waals surface area contributed by atoms with E-state index < -0.39 is 12.2 Å². The number of ether oxygens (including phenoxy) is 1. The number of halogens is 1. The van der Waals surface area contributed by atoms with Gasteiger partial charge >= 0.3 is 6.09 Å². The largest absolute Gasteiger partial charge is 0.439 e. The predicted octanol–water partition coefficient (Wildman–Crippen LogP) is 1.91. The molecular weight excluding hydrogens is 410 g/mol. The molecular formula is C18H22ClN9O2. The van der Waals surface area contributed by atoms with E-state index in [0.29, 0.717) is 36.0 Å². The van der Waals surface area contributed by atoms with Gasteiger partial charge in [0, 0.05) is 23.7 Å². The third-order valence-corrected chi connectivity index (χ3v) is 5.31. The van der Waals surface area contributed by atoms with E-state index in [0.717, 1.165) is 12.8 Å². The highest BCUT2D eigenvalue weighted by Gasteiger charge is 2.29. The predicted molar refractivity (Wildman–Crippen MR) is 105 cm³/mol. The average molecular weight is 432 g/mol. The number of amides is 1. The maximum Gasteiger partial charge on any atom is 0.410 e. The van der Waals surface area contributed by atoms with Crippen LogP contribution in [0, 0.1) is 12.8 Å². The molecule has 0 aliphatic carbocycles. The SMILES string of the molecule is Cc1nnn(CC2CCCN(C(=O)OC(Cn3ncnn3)c3ccccc3Cl)C2)n1. The van der Waals surface area contributed by atoms with E-state index >= 15 is 0 Å². The highest BCUT2D eigenvalue weighted by Crippen LogP contribution is 2.28. The van der Waals surface area contributed by atoms with E-state index in [2.05, 4.69) is 30.8 Å². The standard InChI is InChI=1S/C18H22ClN9O2/c1-13-22-25-28(23-13)10-14-5-4-8-26(9-14)18(29)30-17(11-27-21-12-20-24-27)15-6-2-3-7-16(15)19/h2-3,6-7,12,14,17H,4-5,8-11H2,1H3. The Morgan fingerprint density at radius 1 is 1.30 bits per heavy atom. The zero-order valence-electron chi connectivity index (χ0n) is 16.5. The number of rotatable bonds is 6. The molecule has 12 heteroatoms. The van der Waals surface area contributed by atoms with Crippen molar-refractivity contribution in [2.75, 3.05) is 13.1 Å². The van der Waals surface area contributed by atoms with Crippen molar-refractivity contribution in [1.29, 1.82) is 0 Å². The van der Waals surface area contributed by atoms with Crippen molar-refractivity contribution in [3.8, 4) is 0 Å². The van der Waals surface area contributed by atoms with Crippen molar-refractivity contribution in [1.82, 2.24) is 45.3 Å². The summed E-state index contributed by atoms with van der Waals surface area (Å²) in [4.78, 5) is 17.6. The molecule has 11 nitrogen and oxygen atoms in total. The van der Waals surface area contributed by atoms with Crippen LogP contribution in [-0.4, -0.2) is 64.5 Å². The Morgan fingerprint density at radius 2 is 2.17 bits per heavy atom. The molecule has 1 aromatic carbocycles. The molecule has 1 saturated heterocycles. The van der Waals surface area contributed by atoms with Gasteiger partial charge in [-0.3, -0.25) is 0 Å². The average Bonchev–Trinajstić information content (AvgIpc) is 3.40. The second-order valence-electron chi connectivity index (χ2n) is 7.23. The minimum absolute atomic E-state index is 0.217. The van der Waals surface area contributed by atoms with Gasteiger partial charge in [-0.05, 0) is 42.2 Å². The minimum Gasteiger partial charge on any atom is -0.439 e. The number of aromatic nitrogens is 8. The van der Waals surface area contributed by atoms with E-state index in [-0.39, 0.29) is 12.5 Å². The number of carbonyl (C=O) groups is 1.